The van der Waals surface area contributed by atoms with Gasteiger partial charge in [-0.05, 0) is 43.7 Å². The molecule has 1 N–H and O–H groups in total. The molecule has 0 spiro atoms. The van der Waals surface area contributed by atoms with Crippen molar-refractivity contribution >= 4 is 29.1 Å². The van der Waals surface area contributed by atoms with E-state index in [9.17, 15) is 9.59 Å². The van der Waals surface area contributed by atoms with Crippen LogP contribution in [-0.4, -0.2) is 32.2 Å². The summed E-state index contributed by atoms with van der Waals surface area (Å²) < 4.78 is 7.57. The third kappa shape index (κ3) is 5.68. The molecule has 3 rings (SSSR count). The summed E-state index contributed by atoms with van der Waals surface area (Å²) in [4.78, 5) is 23.7. The zero-order chi connectivity index (χ0) is 20.8. The number of nitrogens with one attached hydrogen (secondary N) is 1. The number of aryl methyl sites for hydroxylation is 1. The molecule has 0 saturated heterocycles. The first kappa shape index (κ1) is 20.6. The molecule has 0 aliphatic heterocycles. The summed E-state index contributed by atoms with van der Waals surface area (Å²) in [6, 6.07) is 14.7. The van der Waals surface area contributed by atoms with Gasteiger partial charge in [-0.15, -0.1) is 10.2 Å². The number of rotatable bonds is 8. The first-order valence-corrected chi connectivity index (χ1v) is 10.0. The van der Waals surface area contributed by atoms with Crippen molar-refractivity contribution in [1.29, 1.82) is 0 Å². The van der Waals surface area contributed by atoms with E-state index in [2.05, 4.69) is 15.5 Å². The largest absolute Gasteiger partial charge is 0.486 e. The summed E-state index contributed by atoms with van der Waals surface area (Å²) in [7, 11) is 1.84. The minimum Gasteiger partial charge on any atom is -0.486 e. The van der Waals surface area contributed by atoms with Crippen LogP contribution in [0.3, 0.4) is 0 Å². The Kier molecular flexibility index (Phi) is 6.66. The molecule has 8 heteroatoms. The number of anilines is 1. The molecule has 3 aromatic rings. The van der Waals surface area contributed by atoms with Crippen molar-refractivity contribution in [2.45, 2.75) is 25.6 Å². The van der Waals surface area contributed by atoms with Gasteiger partial charge in [0.05, 0.1) is 5.75 Å². The topological polar surface area (TPSA) is 86.1 Å². The third-order valence-corrected chi connectivity index (χ3v) is 5.19. The number of nitrogens with zero attached hydrogens (tertiary/aromatic N) is 3. The van der Waals surface area contributed by atoms with Crippen LogP contribution in [0, 0.1) is 6.92 Å². The monoisotopic (exact) mass is 410 g/mol. The van der Waals surface area contributed by atoms with Crippen LogP contribution in [0.25, 0.3) is 0 Å². The van der Waals surface area contributed by atoms with Crippen molar-refractivity contribution in [1.82, 2.24) is 14.8 Å². The Bertz CT molecular complexity index is 1030. The summed E-state index contributed by atoms with van der Waals surface area (Å²) in [5.74, 6) is 1.39. The highest BCUT2D eigenvalue weighted by Gasteiger charge is 2.12. The highest BCUT2D eigenvalue weighted by atomic mass is 32.2. The van der Waals surface area contributed by atoms with Gasteiger partial charge in [-0.3, -0.25) is 9.59 Å². The minimum atomic E-state index is -0.184. The lowest BCUT2D eigenvalue weighted by atomic mass is 10.1. The molecule has 1 amide bonds. The van der Waals surface area contributed by atoms with Crippen molar-refractivity contribution in [2.75, 3.05) is 11.1 Å². The maximum atomic E-state index is 12.2. The first-order chi connectivity index (χ1) is 13.9. The quantitative estimate of drug-likeness (QED) is 0.451. The molecule has 29 heavy (non-hydrogen) atoms. The van der Waals surface area contributed by atoms with E-state index >= 15 is 0 Å². The second-order valence-corrected chi connectivity index (χ2v) is 7.48. The van der Waals surface area contributed by atoms with Gasteiger partial charge in [-0.2, -0.15) is 0 Å². The number of Topliss-reactive ketones (excluding diaryl/α,β-unsaturated/α-hetero) is 1. The number of aromatic nitrogens is 3. The normalized spacial score (nSPS) is 10.6. The molecular formula is C21H22N4O3S. The molecule has 1 aromatic heterocycles. The van der Waals surface area contributed by atoms with E-state index in [1.54, 1.807) is 24.3 Å². The van der Waals surface area contributed by atoms with Gasteiger partial charge in [0, 0.05) is 18.3 Å². The summed E-state index contributed by atoms with van der Waals surface area (Å²) in [5, 5.41) is 11.7. The van der Waals surface area contributed by atoms with Crippen molar-refractivity contribution in [2.24, 2.45) is 7.05 Å². The smallest absolute Gasteiger partial charge is 0.234 e. The van der Waals surface area contributed by atoms with Crippen LogP contribution in [0.1, 0.15) is 28.7 Å². The molecule has 0 unspecified atom stereocenters. The van der Waals surface area contributed by atoms with Crippen LogP contribution < -0.4 is 10.1 Å². The van der Waals surface area contributed by atoms with Gasteiger partial charge < -0.3 is 14.6 Å². The van der Waals surface area contributed by atoms with E-state index in [0.717, 1.165) is 11.3 Å². The second-order valence-electron chi connectivity index (χ2n) is 6.54. The zero-order valence-corrected chi connectivity index (χ0v) is 17.3. The standard InChI is InChI=1S/C21H22N4O3S/c1-14-6-4-9-18(10-14)28-12-19-23-24-21(25(19)3)29-13-20(27)22-17-8-5-7-16(11-17)15(2)26/h4-11H,12-13H2,1-3H3,(H,22,27). The molecular weight excluding hydrogens is 388 g/mol. The van der Waals surface area contributed by atoms with E-state index in [1.165, 1.54) is 18.7 Å². The molecule has 0 saturated carbocycles. The number of thioether (sulfide) groups is 1. The Balaban J connectivity index is 1.54. The van der Waals surface area contributed by atoms with Crippen LogP contribution in [0.2, 0.25) is 0 Å². The third-order valence-electron chi connectivity index (χ3n) is 4.17. The summed E-state index contributed by atoms with van der Waals surface area (Å²) in [6.45, 7) is 3.79. The molecule has 0 aliphatic carbocycles. The highest BCUT2D eigenvalue weighted by molar-refractivity contribution is 7.99. The van der Waals surface area contributed by atoms with Crippen molar-refractivity contribution in [3.8, 4) is 5.75 Å². The van der Waals surface area contributed by atoms with Gasteiger partial charge in [0.2, 0.25) is 5.91 Å². The van der Waals surface area contributed by atoms with Gasteiger partial charge in [0.1, 0.15) is 12.4 Å². The Morgan fingerprint density at radius 1 is 1.14 bits per heavy atom. The van der Waals surface area contributed by atoms with Gasteiger partial charge in [-0.1, -0.05) is 36.0 Å². The van der Waals surface area contributed by atoms with Crippen molar-refractivity contribution < 1.29 is 14.3 Å². The maximum Gasteiger partial charge on any atom is 0.234 e. The van der Waals surface area contributed by atoms with E-state index in [1.807, 2.05) is 42.8 Å². The molecule has 0 bridgehead atoms. The highest BCUT2D eigenvalue weighted by Crippen LogP contribution is 2.19. The number of amides is 1. The first-order valence-electron chi connectivity index (χ1n) is 9.04. The van der Waals surface area contributed by atoms with Gasteiger partial charge in [0.15, 0.2) is 16.8 Å². The fourth-order valence-corrected chi connectivity index (χ4v) is 3.32. The van der Waals surface area contributed by atoms with E-state index < -0.39 is 0 Å². The van der Waals surface area contributed by atoms with E-state index in [4.69, 9.17) is 4.74 Å². The Morgan fingerprint density at radius 2 is 1.93 bits per heavy atom. The SMILES string of the molecule is CC(=O)c1cccc(NC(=O)CSc2nnc(COc3cccc(C)c3)n2C)c1. The maximum absolute atomic E-state index is 12.2. The number of benzene rings is 2. The number of hydrogen-bond donors (Lipinski definition) is 1. The molecule has 2 aromatic carbocycles. The van der Waals surface area contributed by atoms with Crippen LogP contribution >= 0.6 is 11.8 Å². The number of carbonyl (C=O) groups is 2. The lowest BCUT2D eigenvalue weighted by molar-refractivity contribution is -0.113. The number of ether oxygens (including phenoxy) is 1. The Morgan fingerprint density at radius 3 is 2.69 bits per heavy atom. The predicted octanol–water partition coefficient (Wildman–Crippen LogP) is 3.64. The molecule has 1 heterocycles. The average Bonchev–Trinajstić information content (AvgIpc) is 3.04. The number of hydrogen-bond acceptors (Lipinski definition) is 6. The van der Waals surface area contributed by atoms with Crippen molar-refractivity contribution in [3.63, 3.8) is 0 Å². The Hall–Kier alpha value is -3.13. The fourth-order valence-electron chi connectivity index (χ4n) is 2.59. The average molecular weight is 410 g/mol. The van der Waals surface area contributed by atoms with Crippen LogP contribution in [0.15, 0.2) is 53.7 Å². The lowest BCUT2D eigenvalue weighted by Gasteiger charge is -2.08. The molecule has 150 valence electrons. The van der Waals surface area contributed by atoms with Gasteiger partial charge in [-0.25, -0.2) is 0 Å². The molecule has 0 aliphatic rings. The second kappa shape index (κ2) is 9.38. The van der Waals surface area contributed by atoms with Crippen LogP contribution in [-0.2, 0) is 18.4 Å². The lowest BCUT2D eigenvalue weighted by Crippen LogP contribution is -2.15. The molecule has 0 fully saturated rings. The van der Waals surface area contributed by atoms with Gasteiger partial charge in [0.25, 0.3) is 0 Å². The van der Waals surface area contributed by atoms with E-state index in [-0.39, 0.29) is 24.1 Å². The Labute approximate surface area is 173 Å². The van der Waals surface area contributed by atoms with Crippen LogP contribution in [0.4, 0.5) is 5.69 Å². The predicted molar refractivity (Wildman–Crippen MR) is 112 cm³/mol. The van der Waals surface area contributed by atoms with Gasteiger partial charge >= 0.3 is 0 Å². The number of carbonyl (C=O) groups excluding carboxylic acids is 2. The van der Waals surface area contributed by atoms with Crippen LogP contribution in [0.5, 0.6) is 5.75 Å². The van der Waals surface area contributed by atoms with Crippen molar-refractivity contribution in [3.05, 3.63) is 65.5 Å². The molecule has 0 radical (unpaired) electrons. The molecule has 0 atom stereocenters. The zero-order valence-electron chi connectivity index (χ0n) is 16.5. The summed E-state index contributed by atoms with van der Waals surface area (Å²) in [6.07, 6.45) is 0. The van der Waals surface area contributed by atoms with E-state index in [0.29, 0.717) is 22.2 Å². The number of ketones is 1. The fraction of sp³-hybridized carbons (Fsp3) is 0.238. The minimum absolute atomic E-state index is 0.0463. The summed E-state index contributed by atoms with van der Waals surface area (Å²) in [5.41, 5.74) is 2.27. The summed E-state index contributed by atoms with van der Waals surface area (Å²) >= 11 is 1.28. The molecule has 7 nitrogen and oxygen atoms in total.